The van der Waals surface area contributed by atoms with E-state index in [1.54, 1.807) is 18.7 Å². The molecular weight excluding hydrogens is 244 g/mol. The molecule has 5 nitrogen and oxygen atoms in total. The van der Waals surface area contributed by atoms with Crippen LogP contribution in [0, 0.1) is 0 Å². The van der Waals surface area contributed by atoms with E-state index in [-0.39, 0.29) is 6.61 Å². The molecule has 0 saturated carbocycles. The lowest BCUT2D eigenvalue weighted by Gasteiger charge is -2.11. The molecule has 19 heavy (non-hydrogen) atoms. The highest BCUT2D eigenvalue weighted by Gasteiger charge is 2.04. The minimum atomic E-state index is -0.531. The fourth-order valence-electron chi connectivity index (χ4n) is 1.63. The van der Waals surface area contributed by atoms with E-state index in [1.165, 1.54) is 0 Å². The number of nitrogens with one attached hydrogen (secondary N) is 1. The summed E-state index contributed by atoms with van der Waals surface area (Å²) in [5.74, 6) is 0.761. The molecular formula is C14H18N2O3. The molecule has 2 N–H and O–H groups in total. The van der Waals surface area contributed by atoms with Crippen molar-refractivity contribution in [2.24, 2.45) is 0 Å². The van der Waals surface area contributed by atoms with E-state index in [0.717, 1.165) is 11.3 Å². The van der Waals surface area contributed by atoms with Crippen LogP contribution >= 0.6 is 0 Å². The van der Waals surface area contributed by atoms with Crippen LogP contribution < -0.4 is 5.32 Å². The third kappa shape index (κ3) is 5.21. The summed E-state index contributed by atoms with van der Waals surface area (Å²) >= 11 is 0. The second-order valence-electron chi connectivity index (χ2n) is 4.23. The predicted molar refractivity (Wildman–Crippen MR) is 70.3 cm³/mol. The number of aliphatic hydroxyl groups excluding tert-OH is 1. The molecule has 0 aliphatic carbocycles. The molecule has 2 rings (SSSR count). The Morgan fingerprint density at radius 2 is 2.16 bits per heavy atom. The van der Waals surface area contributed by atoms with Gasteiger partial charge in [0.2, 0.25) is 0 Å². The predicted octanol–water partition coefficient (Wildman–Crippen LogP) is 1.34. The van der Waals surface area contributed by atoms with Crippen molar-refractivity contribution in [2.45, 2.75) is 19.3 Å². The molecule has 0 aliphatic heterocycles. The van der Waals surface area contributed by atoms with Gasteiger partial charge in [-0.1, -0.05) is 0 Å². The number of hydrogen-bond acceptors (Lipinski definition) is 5. The zero-order chi connectivity index (χ0) is 13.3. The van der Waals surface area contributed by atoms with Crippen molar-refractivity contribution in [1.29, 1.82) is 0 Å². The number of hydrogen-bond donors (Lipinski definition) is 2. The summed E-state index contributed by atoms with van der Waals surface area (Å²) in [6.45, 7) is 1.86. The number of pyridine rings is 1. The van der Waals surface area contributed by atoms with E-state index in [2.05, 4.69) is 10.3 Å². The van der Waals surface area contributed by atoms with Gasteiger partial charge < -0.3 is 19.6 Å². The number of ether oxygens (including phenoxy) is 1. The molecule has 0 aromatic carbocycles. The van der Waals surface area contributed by atoms with Crippen molar-refractivity contribution < 1.29 is 14.3 Å². The van der Waals surface area contributed by atoms with Gasteiger partial charge in [0, 0.05) is 25.5 Å². The molecule has 5 heteroatoms. The SMILES string of the molecule is OC(CNCc1ccncc1)COCc1ccco1. The van der Waals surface area contributed by atoms with Gasteiger partial charge in [0.1, 0.15) is 12.4 Å². The van der Waals surface area contributed by atoms with Gasteiger partial charge >= 0.3 is 0 Å². The summed E-state index contributed by atoms with van der Waals surface area (Å²) in [4.78, 5) is 3.95. The first-order valence-corrected chi connectivity index (χ1v) is 6.22. The van der Waals surface area contributed by atoms with Gasteiger partial charge in [-0.05, 0) is 29.8 Å². The van der Waals surface area contributed by atoms with Crippen molar-refractivity contribution in [1.82, 2.24) is 10.3 Å². The van der Waals surface area contributed by atoms with E-state index in [1.807, 2.05) is 24.3 Å². The molecule has 0 amide bonds. The molecule has 2 aromatic heterocycles. The van der Waals surface area contributed by atoms with E-state index in [9.17, 15) is 5.11 Å². The number of aromatic nitrogens is 1. The summed E-state index contributed by atoms with van der Waals surface area (Å²) < 4.78 is 10.5. The van der Waals surface area contributed by atoms with Crippen molar-refractivity contribution >= 4 is 0 Å². The van der Waals surface area contributed by atoms with Gasteiger partial charge in [-0.25, -0.2) is 0 Å². The normalized spacial score (nSPS) is 12.5. The van der Waals surface area contributed by atoms with Gasteiger partial charge in [0.05, 0.1) is 19.0 Å². The molecule has 0 fully saturated rings. The molecule has 0 saturated heterocycles. The van der Waals surface area contributed by atoms with Crippen LogP contribution in [0.5, 0.6) is 0 Å². The lowest BCUT2D eigenvalue weighted by molar-refractivity contribution is 0.0226. The van der Waals surface area contributed by atoms with E-state index in [0.29, 0.717) is 19.7 Å². The number of nitrogens with zero attached hydrogens (tertiary/aromatic N) is 1. The Balaban J connectivity index is 1.56. The second kappa shape index (κ2) is 7.68. The Morgan fingerprint density at radius 3 is 2.89 bits per heavy atom. The molecule has 1 atom stereocenters. The van der Waals surface area contributed by atoms with Gasteiger partial charge in [0.15, 0.2) is 0 Å². The Hall–Kier alpha value is -1.69. The average Bonchev–Trinajstić information content (AvgIpc) is 2.93. The number of furan rings is 1. The second-order valence-corrected chi connectivity index (χ2v) is 4.23. The smallest absolute Gasteiger partial charge is 0.129 e. The topological polar surface area (TPSA) is 67.5 Å². The van der Waals surface area contributed by atoms with Gasteiger partial charge in [0.25, 0.3) is 0 Å². The number of aliphatic hydroxyl groups is 1. The molecule has 2 heterocycles. The quantitative estimate of drug-likeness (QED) is 0.751. The van der Waals surface area contributed by atoms with Crippen molar-refractivity contribution in [3.8, 4) is 0 Å². The molecule has 0 aliphatic rings. The first-order valence-electron chi connectivity index (χ1n) is 6.22. The summed E-state index contributed by atoms with van der Waals surface area (Å²) in [7, 11) is 0. The number of rotatable bonds is 8. The molecule has 1 unspecified atom stereocenters. The van der Waals surface area contributed by atoms with Crippen molar-refractivity contribution in [3.05, 3.63) is 54.2 Å². The molecule has 0 radical (unpaired) electrons. The lowest BCUT2D eigenvalue weighted by atomic mass is 10.2. The Kier molecular flexibility index (Phi) is 5.55. The van der Waals surface area contributed by atoms with E-state index in [4.69, 9.17) is 9.15 Å². The van der Waals surface area contributed by atoms with Crippen LogP contribution in [0.2, 0.25) is 0 Å². The van der Waals surface area contributed by atoms with Gasteiger partial charge in [-0.15, -0.1) is 0 Å². The molecule has 2 aromatic rings. The van der Waals surface area contributed by atoms with Crippen LogP contribution in [-0.4, -0.2) is 29.3 Å². The Bertz CT molecular complexity index is 445. The van der Waals surface area contributed by atoms with Gasteiger partial charge in [-0.3, -0.25) is 4.98 Å². The first-order chi connectivity index (χ1) is 9.34. The van der Waals surface area contributed by atoms with Crippen LogP contribution in [0.3, 0.4) is 0 Å². The average molecular weight is 262 g/mol. The largest absolute Gasteiger partial charge is 0.467 e. The van der Waals surface area contributed by atoms with Crippen LogP contribution in [0.15, 0.2) is 47.3 Å². The maximum atomic E-state index is 9.73. The summed E-state index contributed by atoms with van der Waals surface area (Å²) in [5, 5.41) is 12.9. The molecule has 102 valence electrons. The van der Waals surface area contributed by atoms with Crippen LogP contribution in [0.1, 0.15) is 11.3 Å². The summed E-state index contributed by atoms with van der Waals surface area (Å²) in [5.41, 5.74) is 1.14. The van der Waals surface area contributed by atoms with E-state index >= 15 is 0 Å². The van der Waals surface area contributed by atoms with Gasteiger partial charge in [-0.2, -0.15) is 0 Å². The molecule has 0 bridgehead atoms. The highest BCUT2D eigenvalue weighted by Crippen LogP contribution is 2.02. The summed E-state index contributed by atoms with van der Waals surface area (Å²) in [6, 6.07) is 7.53. The third-order valence-electron chi connectivity index (χ3n) is 2.59. The first kappa shape index (κ1) is 13.7. The fourth-order valence-corrected chi connectivity index (χ4v) is 1.63. The van der Waals surface area contributed by atoms with E-state index < -0.39 is 6.10 Å². The van der Waals surface area contributed by atoms with Crippen LogP contribution in [0.25, 0.3) is 0 Å². The van der Waals surface area contributed by atoms with Crippen LogP contribution in [-0.2, 0) is 17.9 Å². The minimum Gasteiger partial charge on any atom is -0.467 e. The minimum absolute atomic E-state index is 0.282. The molecule has 0 spiro atoms. The zero-order valence-corrected chi connectivity index (χ0v) is 10.7. The maximum Gasteiger partial charge on any atom is 0.129 e. The Morgan fingerprint density at radius 1 is 1.32 bits per heavy atom. The lowest BCUT2D eigenvalue weighted by Crippen LogP contribution is -2.30. The van der Waals surface area contributed by atoms with Crippen molar-refractivity contribution in [3.63, 3.8) is 0 Å². The van der Waals surface area contributed by atoms with Crippen LogP contribution in [0.4, 0.5) is 0 Å². The fraction of sp³-hybridized carbons (Fsp3) is 0.357. The highest BCUT2D eigenvalue weighted by molar-refractivity contribution is 5.08. The highest BCUT2D eigenvalue weighted by atomic mass is 16.5. The van der Waals surface area contributed by atoms with Crippen molar-refractivity contribution in [2.75, 3.05) is 13.2 Å². The standard InChI is InChI=1S/C14H18N2O3/c17-13(10-18-11-14-2-1-7-19-14)9-16-8-12-3-5-15-6-4-12/h1-7,13,16-17H,8-11H2. The Labute approximate surface area is 112 Å². The summed E-state index contributed by atoms with van der Waals surface area (Å²) in [6.07, 6.45) is 4.57. The maximum absolute atomic E-state index is 9.73. The third-order valence-corrected chi connectivity index (χ3v) is 2.59. The monoisotopic (exact) mass is 262 g/mol. The zero-order valence-electron chi connectivity index (χ0n) is 10.7.